The number of aliphatic hydroxyl groups excluding tert-OH is 1. The minimum Gasteiger partial charge on any atom is -0.490 e. The van der Waals surface area contributed by atoms with Gasteiger partial charge in [0.15, 0.2) is 0 Å². The topological polar surface area (TPSA) is 135 Å². The van der Waals surface area contributed by atoms with E-state index in [1.165, 1.54) is 22.0 Å². The molecule has 1 spiro atoms. The van der Waals surface area contributed by atoms with Gasteiger partial charge >= 0.3 is 0 Å². The highest BCUT2D eigenvalue weighted by atomic mass is 35.5. The van der Waals surface area contributed by atoms with Gasteiger partial charge in [-0.05, 0) is 98.2 Å². The van der Waals surface area contributed by atoms with Crippen molar-refractivity contribution in [3.63, 3.8) is 0 Å². The summed E-state index contributed by atoms with van der Waals surface area (Å²) in [5.74, 6) is -1.09. The molecule has 7 rings (SSSR count). The Balaban J connectivity index is 1.32. The second-order valence-corrected chi connectivity index (χ2v) is 17.2. The summed E-state index contributed by atoms with van der Waals surface area (Å²) in [4.78, 5) is 29.8. The van der Waals surface area contributed by atoms with Crippen LogP contribution >= 0.6 is 11.6 Å². The summed E-state index contributed by atoms with van der Waals surface area (Å²) in [6.45, 7) is 5.26. The number of halogens is 1. The lowest BCUT2D eigenvalue weighted by Crippen LogP contribution is -2.49. The predicted octanol–water partition coefficient (Wildman–Crippen LogP) is 5.42. The Bertz CT molecular complexity index is 2010. The molecule has 2 aliphatic carbocycles. The number of methoxy groups -OCH3 is 1. The van der Waals surface area contributed by atoms with Crippen LogP contribution in [0.3, 0.4) is 0 Å². The molecular weight excluding hydrogens is 690 g/mol. The molecule has 272 valence electrons. The number of hydrogen-bond acceptors (Lipinski definition) is 8. The maximum absolute atomic E-state index is 14.6. The fourth-order valence-corrected chi connectivity index (χ4v) is 10.4. The molecule has 3 aromatic rings. The molecule has 2 bridgehead atoms. The summed E-state index contributed by atoms with van der Waals surface area (Å²) < 4.78 is 35.4. The van der Waals surface area contributed by atoms with E-state index in [4.69, 9.17) is 21.1 Å². The first-order valence-corrected chi connectivity index (χ1v) is 19.7. The summed E-state index contributed by atoms with van der Waals surface area (Å²) in [7, 11) is -0.352. The Morgan fingerprint density at radius 1 is 1.20 bits per heavy atom. The van der Waals surface area contributed by atoms with Crippen molar-refractivity contribution in [1.29, 1.82) is 0 Å². The molecule has 7 atom stereocenters. The molecule has 2 aliphatic heterocycles. The van der Waals surface area contributed by atoms with E-state index in [-0.39, 0.29) is 34.3 Å². The van der Waals surface area contributed by atoms with Crippen LogP contribution in [0.1, 0.15) is 70.1 Å². The number of aromatic nitrogens is 2. The van der Waals surface area contributed by atoms with E-state index >= 15 is 0 Å². The van der Waals surface area contributed by atoms with E-state index in [1.807, 2.05) is 12.1 Å². The van der Waals surface area contributed by atoms with Gasteiger partial charge in [-0.15, -0.1) is 4.36 Å². The molecule has 1 saturated carbocycles. The first-order chi connectivity index (χ1) is 24.4. The van der Waals surface area contributed by atoms with E-state index in [9.17, 15) is 18.9 Å². The molecule has 13 heteroatoms. The van der Waals surface area contributed by atoms with E-state index in [0.29, 0.717) is 37.1 Å². The maximum atomic E-state index is 14.6. The molecule has 3 heterocycles. The Labute approximate surface area is 304 Å². The number of ether oxygens (including phenoxy) is 2. The minimum absolute atomic E-state index is 0.216. The first kappa shape index (κ1) is 35.7. The van der Waals surface area contributed by atoms with Crippen LogP contribution in [0.2, 0.25) is 5.02 Å². The predicted molar refractivity (Wildman–Crippen MR) is 197 cm³/mol. The first-order valence-electron chi connectivity index (χ1n) is 17.7. The highest BCUT2D eigenvalue weighted by Crippen LogP contribution is 2.47. The number of benzene rings is 2. The summed E-state index contributed by atoms with van der Waals surface area (Å²) in [5, 5.41) is 16.2. The highest BCUT2D eigenvalue weighted by molar-refractivity contribution is 7.92. The third-order valence-electron chi connectivity index (χ3n) is 11.2. The van der Waals surface area contributed by atoms with Crippen molar-refractivity contribution in [3.8, 4) is 5.75 Å². The van der Waals surface area contributed by atoms with Gasteiger partial charge in [-0.2, -0.15) is 5.10 Å². The minimum atomic E-state index is -3.72. The molecule has 2 N–H and O–H groups in total. The molecular formula is C38H46ClN5O6S. The fraction of sp³-hybridized carbons (Fsp3) is 0.500. The van der Waals surface area contributed by atoms with Crippen molar-refractivity contribution in [3.05, 3.63) is 87.7 Å². The Kier molecular flexibility index (Phi) is 9.81. The second-order valence-electron chi connectivity index (χ2n) is 14.8. The van der Waals surface area contributed by atoms with Crippen LogP contribution in [-0.2, 0) is 33.5 Å². The molecule has 0 saturated heterocycles. The van der Waals surface area contributed by atoms with Crippen LogP contribution in [0.4, 0.5) is 5.69 Å². The molecule has 4 aliphatic rings. The monoisotopic (exact) mass is 735 g/mol. The number of nitrogens with one attached hydrogen (secondary N) is 1. The van der Waals surface area contributed by atoms with Gasteiger partial charge in [0.1, 0.15) is 15.7 Å². The van der Waals surface area contributed by atoms with Crippen molar-refractivity contribution in [2.45, 2.75) is 63.6 Å². The summed E-state index contributed by atoms with van der Waals surface area (Å²) in [5.41, 5.74) is 3.87. The number of anilines is 1. The third-order valence-corrected chi connectivity index (χ3v) is 13.4. The molecule has 51 heavy (non-hydrogen) atoms. The zero-order chi connectivity index (χ0) is 36.1. The summed E-state index contributed by atoms with van der Waals surface area (Å²) >= 11 is 6.45. The largest absolute Gasteiger partial charge is 0.490 e. The number of carbonyl (C=O) groups is 2. The number of aliphatic hydroxyl groups is 1. The van der Waals surface area contributed by atoms with E-state index < -0.39 is 33.8 Å². The van der Waals surface area contributed by atoms with Gasteiger partial charge < -0.3 is 19.5 Å². The third kappa shape index (κ3) is 7.07. The number of carbonyl (C=O) groups excluding carboxylic acids is 2. The number of amides is 2. The van der Waals surface area contributed by atoms with Gasteiger partial charge in [0.25, 0.3) is 11.8 Å². The number of fused-ring (bicyclic) bond motifs is 4. The van der Waals surface area contributed by atoms with E-state index in [0.717, 1.165) is 42.8 Å². The highest BCUT2D eigenvalue weighted by Gasteiger charge is 2.44. The second kappa shape index (κ2) is 14.0. The van der Waals surface area contributed by atoms with Crippen molar-refractivity contribution in [2.75, 3.05) is 37.5 Å². The maximum Gasteiger partial charge on any atom is 0.286 e. The molecule has 0 radical (unpaired) electrons. The molecule has 1 fully saturated rings. The van der Waals surface area contributed by atoms with E-state index in [1.54, 1.807) is 52.3 Å². The molecule has 1 unspecified atom stereocenters. The van der Waals surface area contributed by atoms with Crippen LogP contribution in [0.5, 0.6) is 5.75 Å². The van der Waals surface area contributed by atoms with Gasteiger partial charge in [0.05, 0.1) is 41.5 Å². The molecule has 11 nitrogen and oxygen atoms in total. The lowest BCUT2D eigenvalue weighted by Gasteiger charge is -2.46. The molecule has 1 aromatic heterocycles. The lowest BCUT2D eigenvalue weighted by molar-refractivity contribution is 0.0124. The van der Waals surface area contributed by atoms with Gasteiger partial charge in [-0.3, -0.25) is 19.0 Å². The lowest BCUT2D eigenvalue weighted by atomic mass is 9.68. The molecule has 2 aromatic carbocycles. The van der Waals surface area contributed by atoms with Crippen molar-refractivity contribution in [1.82, 2.24) is 14.5 Å². The zero-order valence-electron chi connectivity index (χ0n) is 29.5. The van der Waals surface area contributed by atoms with Crippen LogP contribution < -0.4 is 14.4 Å². The fourth-order valence-electron chi connectivity index (χ4n) is 8.36. The Morgan fingerprint density at radius 3 is 2.75 bits per heavy atom. The van der Waals surface area contributed by atoms with Crippen LogP contribution in [0, 0.1) is 24.7 Å². The van der Waals surface area contributed by atoms with Crippen LogP contribution in [0.25, 0.3) is 0 Å². The van der Waals surface area contributed by atoms with E-state index in [2.05, 4.69) is 31.2 Å². The SMILES string of the molecule is CO[C@H]1/C=C/[C@H](O)[C@H](C)CS(=O)(NC(=O)c2cn(C)nc2C)=NC(=O)c2ccc3c(c2)N(C[C@@H]2CC[C@H]21)C[C@@]1(CCCc2cc(Cl)ccc21)CO3. The van der Waals surface area contributed by atoms with Gasteiger partial charge in [0.2, 0.25) is 0 Å². The average Bonchev–Trinajstić information content (AvgIpc) is 3.35. The van der Waals surface area contributed by atoms with Crippen molar-refractivity contribution >= 4 is 39.0 Å². The Hall–Kier alpha value is -3.71. The summed E-state index contributed by atoms with van der Waals surface area (Å²) in [6.07, 6.45) is 8.75. The normalized spacial score (nSPS) is 31.3. The number of aryl methyl sites for hydroxylation is 3. The number of hydrogen-bond donors (Lipinski definition) is 2. The van der Waals surface area contributed by atoms with Crippen molar-refractivity contribution < 1.29 is 28.4 Å². The average molecular weight is 736 g/mol. The standard InChI is InChI=1S/C38H46ClN5O6S/c1-23-20-51(48,42-37(47)30-19-43(3)40-24(30)2)41-36(46)26-8-13-35-32(17-26)44(18-27-7-10-29(27)34(49-4)14-12-33(23)45)21-38(22-50-35)15-5-6-25-16-28(39)9-11-31(25)38/h8-9,11-14,16-17,19,23,27,29,33-34,45H,5-7,10,15,18,20-22H2,1-4H3,(H,41,42,46,47,48)/b14-12+/t23-,27+,29-,33+,34+,38+,51?/m1/s1. The van der Waals surface area contributed by atoms with Crippen LogP contribution in [0.15, 0.2) is 59.1 Å². The quantitative estimate of drug-likeness (QED) is 0.341. The summed E-state index contributed by atoms with van der Waals surface area (Å²) in [6, 6.07) is 11.4. The Morgan fingerprint density at radius 2 is 2.02 bits per heavy atom. The zero-order valence-corrected chi connectivity index (χ0v) is 31.1. The number of rotatable bonds is 3. The van der Waals surface area contributed by atoms with Gasteiger partial charge in [-0.25, -0.2) is 4.21 Å². The van der Waals surface area contributed by atoms with Gasteiger partial charge in [0, 0.05) is 49.4 Å². The molecule has 2 amide bonds. The number of nitrogens with zero attached hydrogens (tertiary/aromatic N) is 4. The van der Waals surface area contributed by atoms with Crippen molar-refractivity contribution in [2.24, 2.45) is 29.2 Å². The van der Waals surface area contributed by atoms with Gasteiger partial charge in [-0.1, -0.05) is 36.7 Å². The van der Waals surface area contributed by atoms with Crippen LogP contribution in [-0.4, -0.2) is 75.7 Å². The smallest absolute Gasteiger partial charge is 0.286 e.